The molecular weight excluding hydrogens is 428 g/mol. The fourth-order valence-corrected chi connectivity index (χ4v) is 3.96. The first-order valence-electron chi connectivity index (χ1n) is 10.2. The minimum atomic E-state index is -0.113. The molecule has 5 rings (SSSR count). The number of ketones is 1. The highest BCUT2D eigenvalue weighted by Gasteiger charge is 2.25. The second-order valence-electron chi connectivity index (χ2n) is 7.96. The number of aromatic nitrogens is 4. The average Bonchev–Trinajstić information content (AvgIpc) is 3.37. The van der Waals surface area contributed by atoms with Crippen LogP contribution in [0.5, 0.6) is 0 Å². The third-order valence-corrected chi connectivity index (χ3v) is 5.58. The summed E-state index contributed by atoms with van der Waals surface area (Å²) in [5, 5.41) is 8.09. The van der Waals surface area contributed by atoms with E-state index in [2.05, 4.69) is 15.4 Å². The lowest BCUT2D eigenvalue weighted by Crippen LogP contribution is -2.37. The molecule has 3 N–H and O–H groups in total. The number of benzene rings is 1. The summed E-state index contributed by atoms with van der Waals surface area (Å²) < 4.78 is 3.71. The van der Waals surface area contributed by atoms with E-state index < -0.39 is 0 Å². The van der Waals surface area contributed by atoms with Crippen molar-refractivity contribution in [1.29, 1.82) is 0 Å². The number of nitrogens with two attached hydrogens (primary N) is 1. The van der Waals surface area contributed by atoms with Crippen LogP contribution < -0.4 is 11.1 Å². The van der Waals surface area contributed by atoms with E-state index >= 15 is 0 Å². The Hall–Kier alpha value is -3.65. The van der Waals surface area contributed by atoms with Gasteiger partial charge < -0.3 is 15.6 Å². The van der Waals surface area contributed by atoms with Crippen LogP contribution in [0.25, 0.3) is 11.0 Å². The quantitative estimate of drug-likeness (QED) is 0.359. The predicted molar refractivity (Wildman–Crippen MR) is 124 cm³/mol. The molecule has 4 aromatic rings. The van der Waals surface area contributed by atoms with E-state index in [0.29, 0.717) is 30.1 Å². The number of halogens is 1. The maximum absolute atomic E-state index is 12.9. The standard InChI is InChI=1S/C23H22N6O2.ClH/c1-14-10-25-23(31)20-9-17-4-7-19(27-22(17)29(14)20)21(30)8-16-11-26-28(13-16)12-15-2-5-18(24)6-3-15;/h2-7,9,11,13-14H,8,10,12,24H2,1H3,(H,25,31);1H/t14-;/m1./s1. The molecule has 8 nitrogen and oxygen atoms in total. The van der Waals surface area contributed by atoms with Crippen LogP contribution in [0.15, 0.2) is 54.9 Å². The third kappa shape index (κ3) is 3.97. The van der Waals surface area contributed by atoms with Gasteiger partial charge in [-0.3, -0.25) is 14.3 Å². The van der Waals surface area contributed by atoms with Gasteiger partial charge in [-0.15, -0.1) is 12.4 Å². The first kappa shape index (κ1) is 21.6. The topological polar surface area (TPSA) is 108 Å². The molecule has 1 aliphatic rings. The van der Waals surface area contributed by atoms with E-state index in [1.165, 1.54) is 0 Å². The van der Waals surface area contributed by atoms with Crippen LogP contribution in [0.1, 0.15) is 45.1 Å². The van der Waals surface area contributed by atoms with Gasteiger partial charge in [-0.1, -0.05) is 12.1 Å². The van der Waals surface area contributed by atoms with Crippen LogP contribution in [0, 0.1) is 0 Å². The maximum atomic E-state index is 12.9. The zero-order valence-corrected chi connectivity index (χ0v) is 18.3. The monoisotopic (exact) mass is 450 g/mol. The molecule has 32 heavy (non-hydrogen) atoms. The van der Waals surface area contributed by atoms with E-state index in [-0.39, 0.29) is 36.6 Å². The number of Topliss-reactive ketones (excluding diaryl/α,β-unsaturated/α-hetero) is 1. The molecule has 0 spiro atoms. The second-order valence-corrected chi connectivity index (χ2v) is 7.96. The molecule has 0 saturated heterocycles. The number of carbonyl (C=O) groups is 2. The molecule has 3 aromatic heterocycles. The molecule has 0 unspecified atom stereocenters. The highest BCUT2D eigenvalue weighted by molar-refractivity contribution is 6.01. The summed E-state index contributed by atoms with van der Waals surface area (Å²) in [6.07, 6.45) is 3.79. The fraction of sp³-hybridized carbons (Fsp3) is 0.217. The summed E-state index contributed by atoms with van der Waals surface area (Å²) in [6.45, 7) is 3.17. The van der Waals surface area contributed by atoms with Crippen LogP contribution in [0.3, 0.4) is 0 Å². The van der Waals surface area contributed by atoms with Crippen LogP contribution in [-0.4, -0.2) is 37.6 Å². The first-order valence-corrected chi connectivity index (χ1v) is 10.2. The van der Waals surface area contributed by atoms with E-state index in [9.17, 15) is 9.59 Å². The molecule has 0 aliphatic carbocycles. The van der Waals surface area contributed by atoms with Gasteiger partial charge in [0, 0.05) is 30.2 Å². The average molecular weight is 451 g/mol. The lowest BCUT2D eigenvalue weighted by atomic mass is 10.1. The summed E-state index contributed by atoms with van der Waals surface area (Å²) in [6, 6.07) is 13.1. The molecule has 1 atom stereocenters. The number of nitrogen functional groups attached to an aromatic ring is 1. The number of amides is 1. The van der Waals surface area contributed by atoms with Crippen LogP contribution >= 0.6 is 12.4 Å². The van der Waals surface area contributed by atoms with Crippen molar-refractivity contribution in [2.75, 3.05) is 12.3 Å². The summed E-state index contributed by atoms with van der Waals surface area (Å²) >= 11 is 0. The fourth-order valence-electron chi connectivity index (χ4n) is 3.96. The molecule has 4 heterocycles. The Kier molecular flexibility index (Phi) is 5.71. The summed E-state index contributed by atoms with van der Waals surface area (Å²) in [7, 11) is 0. The van der Waals surface area contributed by atoms with Crippen LogP contribution in [0.2, 0.25) is 0 Å². The zero-order valence-electron chi connectivity index (χ0n) is 17.5. The van der Waals surface area contributed by atoms with E-state index in [0.717, 1.165) is 22.2 Å². The molecule has 1 aromatic carbocycles. The smallest absolute Gasteiger partial charge is 0.268 e. The van der Waals surface area contributed by atoms with Crippen molar-refractivity contribution in [3.8, 4) is 0 Å². The molecule has 1 amide bonds. The van der Waals surface area contributed by atoms with Gasteiger partial charge >= 0.3 is 0 Å². The molecule has 0 radical (unpaired) electrons. The van der Waals surface area contributed by atoms with Gasteiger partial charge in [-0.2, -0.15) is 5.10 Å². The van der Waals surface area contributed by atoms with Crippen molar-refractivity contribution in [2.24, 2.45) is 0 Å². The normalized spacial score (nSPS) is 15.2. The largest absolute Gasteiger partial charge is 0.399 e. The van der Waals surface area contributed by atoms with Gasteiger partial charge in [0.2, 0.25) is 0 Å². The number of hydrogen-bond donors (Lipinski definition) is 2. The molecule has 0 fully saturated rings. The summed E-state index contributed by atoms with van der Waals surface area (Å²) in [4.78, 5) is 29.7. The molecule has 0 bridgehead atoms. The van der Waals surface area contributed by atoms with Crippen molar-refractivity contribution >= 4 is 40.8 Å². The van der Waals surface area contributed by atoms with Crippen LogP contribution in [0.4, 0.5) is 5.69 Å². The minimum absolute atomic E-state index is 0. The number of nitrogens with zero attached hydrogens (tertiary/aromatic N) is 4. The number of hydrogen-bond acceptors (Lipinski definition) is 5. The number of nitrogens with one attached hydrogen (secondary N) is 1. The lowest BCUT2D eigenvalue weighted by molar-refractivity contribution is 0.0918. The lowest BCUT2D eigenvalue weighted by Gasteiger charge is -2.23. The van der Waals surface area contributed by atoms with Gasteiger partial charge in [0.05, 0.1) is 18.8 Å². The predicted octanol–water partition coefficient (Wildman–Crippen LogP) is 3.01. The Labute approximate surface area is 190 Å². The van der Waals surface area contributed by atoms with Gasteiger partial charge in [-0.05, 0) is 48.4 Å². The Balaban J connectivity index is 0.00000245. The highest BCUT2D eigenvalue weighted by atomic mass is 35.5. The minimum Gasteiger partial charge on any atom is -0.399 e. The van der Waals surface area contributed by atoms with Gasteiger partial charge in [0.25, 0.3) is 5.91 Å². The Morgan fingerprint density at radius 1 is 1.19 bits per heavy atom. The van der Waals surface area contributed by atoms with Crippen molar-refractivity contribution < 1.29 is 9.59 Å². The summed E-state index contributed by atoms with van der Waals surface area (Å²) in [5.74, 6) is -0.199. The zero-order chi connectivity index (χ0) is 21.5. The third-order valence-electron chi connectivity index (χ3n) is 5.58. The molecular formula is C23H23ClN6O2. The first-order chi connectivity index (χ1) is 15.0. The van der Waals surface area contributed by atoms with E-state index in [1.807, 2.05) is 54.1 Å². The molecule has 1 aliphatic heterocycles. The van der Waals surface area contributed by atoms with E-state index in [1.54, 1.807) is 16.9 Å². The van der Waals surface area contributed by atoms with E-state index in [4.69, 9.17) is 5.73 Å². The van der Waals surface area contributed by atoms with Crippen molar-refractivity contribution in [1.82, 2.24) is 24.6 Å². The number of carbonyl (C=O) groups excluding carboxylic acids is 2. The Bertz CT molecular complexity index is 1310. The van der Waals surface area contributed by atoms with Gasteiger partial charge in [0.1, 0.15) is 17.0 Å². The number of anilines is 1. The number of rotatable bonds is 5. The Morgan fingerprint density at radius 2 is 1.97 bits per heavy atom. The van der Waals surface area contributed by atoms with Crippen LogP contribution in [-0.2, 0) is 13.0 Å². The van der Waals surface area contributed by atoms with Crippen molar-refractivity contribution in [3.63, 3.8) is 0 Å². The van der Waals surface area contributed by atoms with Gasteiger partial charge in [0.15, 0.2) is 5.78 Å². The number of fused-ring (bicyclic) bond motifs is 3. The SMILES string of the molecule is C[C@@H]1CNC(=O)c2cc3ccc(C(=O)Cc4cnn(Cc5ccc(N)cc5)c4)nc3n21.Cl. The molecule has 9 heteroatoms. The molecule has 164 valence electrons. The highest BCUT2D eigenvalue weighted by Crippen LogP contribution is 2.25. The summed E-state index contributed by atoms with van der Waals surface area (Å²) in [5.41, 5.74) is 9.99. The maximum Gasteiger partial charge on any atom is 0.268 e. The molecule has 0 saturated carbocycles. The second kappa shape index (κ2) is 8.47. The van der Waals surface area contributed by atoms with Gasteiger partial charge in [-0.25, -0.2) is 4.98 Å². The van der Waals surface area contributed by atoms with Crippen molar-refractivity contribution in [3.05, 3.63) is 77.4 Å². The van der Waals surface area contributed by atoms with Crippen molar-refractivity contribution in [2.45, 2.75) is 25.9 Å². The Morgan fingerprint density at radius 3 is 2.75 bits per heavy atom. The number of pyridine rings is 1.